The second-order valence-electron chi connectivity index (χ2n) is 5.46. The van der Waals surface area contributed by atoms with E-state index in [1.54, 1.807) is 6.92 Å². The Labute approximate surface area is 109 Å². The number of anilines is 1. The molecule has 1 saturated carbocycles. The van der Waals surface area contributed by atoms with Gasteiger partial charge < -0.3 is 10.2 Å². The van der Waals surface area contributed by atoms with Gasteiger partial charge in [0.15, 0.2) is 5.78 Å². The average Bonchev–Trinajstić information content (AvgIpc) is 2.27. The Kier molecular flexibility index (Phi) is 3.71. The monoisotopic (exact) mass is 246 g/mol. The van der Waals surface area contributed by atoms with Gasteiger partial charge in [-0.15, -0.1) is 0 Å². The van der Waals surface area contributed by atoms with Gasteiger partial charge in [-0.25, -0.2) is 0 Å². The number of likely N-dealkylation sites (N-methyl/N-ethyl adjacent to an activating group) is 1. The van der Waals surface area contributed by atoms with Crippen molar-refractivity contribution in [2.75, 3.05) is 26.0 Å². The van der Waals surface area contributed by atoms with Gasteiger partial charge >= 0.3 is 0 Å². The fourth-order valence-electron chi connectivity index (χ4n) is 2.46. The molecule has 18 heavy (non-hydrogen) atoms. The van der Waals surface area contributed by atoms with E-state index in [4.69, 9.17) is 0 Å². The first-order valence-corrected chi connectivity index (χ1v) is 6.56. The Hall–Kier alpha value is -1.35. The highest BCUT2D eigenvalue weighted by Gasteiger charge is 2.38. The Morgan fingerprint density at radius 2 is 1.89 bits per heavy atom. The lowest BCUT2D eigenvalue weighted by Gasteiger charge is -2.47. The van der Waals surface area contributed by atoms with Gasteiger partial charge in [-0.2, -0.15) is 0 Å². The molecule has 0 atom stereocenters. The maximum Gasteiger partial charge on any atom is 0.159 e. The topological polar surface area (TPSA) is 32.3 Å². The van der Waals surface area contributed by atoms with Crippen LogP contribution in [-0.2, 0) is 0 Å². The summed E-state index contributed by atoms with van der Waals surface area (Å²) in [5.41, 5.74) is 2.18. The van der Waals surface area contributed by atoms with Crippen molar-refractivity contribution in [3.05, 3.63) is 29.8 Å². The third kappa shape index (κ3) is 2.56. The third-order valence-electron chi connectivity index (χ3n) is 4.15. The molecule has 1 N–H and O–H groups in total. The highest BCUT2D eigenvalue weighted by molar-refractivity contribution is 5.94. The lowest BCUT2D eigenvalue weighted by Crippen LogP contribution is -2.54. The van der Waals surface area contributed by atoms with Gasteiger partial charge in [-0.3, -0.25) is 4.79 Å². The van der Waals surface area contributed by atoms with Gasteiger partial charge in [-0.05, 0) is 64.5 Å². The first-order valence-electron chi connectivity index (χ1n) is 6.56. The number of ketones is 1. The highest BCUT2D eigenvalue weighted by atomic mass is 16.1. The lowest BCUT2D eigenvalue weighted by atomic mass is 9.75. The largest absolute Gasteiger partial charge is 0.383 e. The normalized spacial score (nSPS) is 17.3. The molecule has 3 nitrogen and oxygen atoms in total. The van der Waals surface area contributed by atoms with E-state index in [9.17, 15) is 4.79 Å². The van der Waals surface area contributed by atoms with Gasteiger partial charge in [0.2, 0.25) is 0 Å². The zero-order valence-corrected chi connectivity index (χ0v) is 11.5. The van der Waals surface area contributed by atoms with Crippen LogP contribution in [-0.4, -0.2) is 36.9 Å². The molecule has 0 spiro atoms. The van der Waals surface area contributed by atoms with Crippen molar-refractivity contribution >= 4 is 11.5 Å². The van der Waals surface area contributed by atoms with Crippen LogP contribution in [0.4, 0.5) is 5.69 Å². The molecule has 1 aliphatic rings. The van der Waals surface area contributed by atoms with Crippen LogP contribution in [0.15, 0.2) is 24.3 Å². The standard InChI is InChI=1S/C15H22N2O/c1-12(18)13-5-7-14(8-6-13)16-11-15(17(2)3)9-4-10-15/h5-8,16H,4,9-11H2,1-3H3. The minimum Gasteiger partial charge on any atom is -0.383 e. The number of benzene rings is 1. The molecule has 0 heterocycles. The van der Waals surface area contributed by atoms with Crippen LogP contribution < -0.4 is 5.32 Å². The van der Waals surface area contributed by atoms with Gasteiger partial charge in [0.25, 0.3) is 0 Å². The molecule has 0 bridgehead atoms. The summed E-state index contributed by atoms with van der Waals surface area (Å²) in [5.74, 6) is 0.116. The molecule has 0 aliphatic heterocycles. The molecular formula is C15H22N2O. The van der Waals surface area contributed by atoms with Crippen molar-refractivity contribution in [3.63, 3.8) is 0 Å². The van der Waals surface area contributed by atoms with Crippen LogP contribution in [0.2, 0.25) is 0 Å². The van der Waals surface area contributed by atoms with Crippen molar-refractivity contribution in [2.45, 2.75) is 31.7 Å². The number of rotatable bonds is 5. The molecule has 3 heteroatoms. The summed E-state index contributed by atoms with van der Waals surface area (Å²) < 4.78 is 0. The lowest BCUT2D eigenvalue weighted by molar-refractivity contribution is 0.0739. The molecule has 1 aromatic rings. The first-order chi connectivity index (χ1) is 8.53. The highest BCUT2D eigenvalue weighted by Crippen LogP contribution is 2.36. The predicted octanol–water partition coefficient (Wildman–Crippen LogP) is 2.79. The number of nitrogens with zero attached hydrogens (tertiary/aromatic N) is 1. The molecule has 0 saturated heterocycles. The fraction of sp³-hybridized carbons (Fsp3) is 0.533. The van der Waals surface area contributed by atoms with Crippen molar-refractivity contribution in [2.24, 2.45) is 0 Å². The smallest absolute Gasteiger partial charge is 0.159 e. The zero-order valence-electron chi connectivity index (χ0n) is 11.5. The van der Waals surface area contributed by atoms with Crippen LogP contribution >= 0.6 is 0 Å². The quantitative estimate of drug-likeness (QED) is 0.811. The number of hydrogen-bond donors (Lipinski definition) is 1. The van der Waals surface area contributed by atoms with E-state index in [1.807, 2.05) is 24.3 Å². The molecule has 1 fully saturated rings. The summed E-state index contributed by atoms with van der Waals surface area (Å²) >= 11 is 0. The molecule has 0 radical (unpaired) electrons. The summed E-state index contributed by atoms with van der Waals surface area (Å²) in [6.45, 7) is 2.57. The number of carbonyl (C=O) groups is 1. The van der Waals surface area contributed by atoms with Crippen molar-refractivity contribution in [3.8, 4) is 0 Å². The Balaban J connectivity index is 1.96. The minimum atomic E-state index is 0.116. The van der Waals surface area contributed by atoms with Crippen LogP contribution in [0.3, 0.4) is 0 Å². The second kappa shape index (κ2) is 5.11. The molecule has 0 unspecified atom stereocenters. The third-order valence-corrected chi connectivity index (χ3v) is 4.15. The van der Waals surface area contributed by atoms with Crippen molar-refractivity contribution < 1.29 is 4.79 Å². The summed E-state index contributed by atoms with van der Waals surface area (Å²) in [7, 11) is 4.30. The average molecular weight is 246 g/mol. The Morgan fingerprint density at radius 3 is 2.28 bits per heavy atom. The summed E-state index contributed by atoms with van der Waals surface area (Å²) in [5, 5.41) is 3.48. The molecule has 1 aromatic carbocycles. The predicted molar refractivity (Wildman–Crippen MR) is 75.2 cm³/mol. The Morgan fingerprint density at radius 1 is 1.28 bits per heavy atom. The van der Waals surface area contributed by atoms with E-state index < -0.39 is 0 Å². The SMILES string of the molecule is CC(=O)c1ccc(NCC2(N(C)C)CCC2)cc1. The first kappa shape index (κ1) is 13.1. The van der Waals surface area contributed by atoms with E-state index in [1.165, 1.54) is 19.3 Å². The van der Waals surface area contributed by atoms with E-state index in [-0.39, 0.29) is 5.78 Å². The van der Waals surface area contributed by atoms with Gasteiger partial charge in [0.05, 0.1) is 0 Å². The van der Waals surface area contributed by atoms with E-state index >= 15 is 0 Å². The van der Waals surface area contributed by atoms with Gasteiger partial charge in [0.1, 0.15) is 0 Å². The molecule has 98 valence electrons. The molecule has 0 amide bonds. The fourth-order valence-corrected chi connectivity index (χ4v) is 2.46. The van der Waals surface area contributed by atoms with Crippen molar-refractivity contribution in [1.29, 1.82) is 0 Å². The van der Waals surface area contributed by atoms with Gasteiger partial charge in [0, 0.05) is 23.3 Å². The number of nitrogens with one attached hydrogen (secondary N) is 1. The maximum absolute atomic E-state index is 11.2. The zero-order chi connectivity index (χ0) is 13.2. The van der Waals surface area contributed by atoms with Crippen molar-refractivity contribution in [1.82, 2.24) is 4.90 Å². The Bertz CT molecular complexity index is 419. The van der Waals surface area contributed by atoms with Gasteiger partial charge in [-0.1, -0.05) is 0 Å². The summed E-state index contributed by atoms with van der Waals surface area (Å²) in [6.07, 6.45) is 3.85. The maximum atomic E-state index is 11.2. The molecular weight excluding hydrogens is 224 g/mol. The van der Waals surface area contributed by atoms with Crippen LogP contribution in [0.5, 0.6) is 0 Å². The van der Waals surface area contributed by atoms with E-state index in [2.05, 4.69) is 24.3 Å². The summed E-state index contributed by atoms with van der Waals surface area (Å²) in [6, 6.07) is 7.74. The van der Waals surface area contributed by atoms with Crippen LogP contribution in [0.25, 0.3) is 0 Å². The number of hydrogen-bond acceptors (Lipinski definition) is 3. The summed E-state index contributed by atoms with van der Waals surface area (Å²) in [4.78, 5) is 13.5. The van der Waals surface area contributed by atoms with E-state index in [0.29, 0.717) is 5.54 Å². The molecule has 2 rings (SSSR count). The van der Waals surface area contributed by atoms with Crippen LogP contribution in [0, 0.1) is 0 Å². The molecule has 0 aromatic heterocycles. The molecule has 1 aliphatic carbocycles. The number of Topliss-reactive ketones (excluding diaryl/α,β-unsaturated/α-hetero) is 1. The second-order valence-corrected chi connectivity index (χ2v) is 5.46. The minimum absolute atomic E-state index is 0.116. The number of carbonyl (C=O) groups excluding carboxylic acids is 1. The van der Waals surface area contributed by atoms with Crippen LogP contribution in [0.1, 0.15) is 36.5 Å². The van der Waals surface area contributed by atoms with E-state index in [0.717, 1.165) is 17.8 Å².